The van der Waals surface area contributed by atoms with Crippen molar-refractivity contribution in [2.24, 2.45) is 5.92 Å². The lowest BCUT2D eigenvalue weighted by Gasteiger charge is -2.27. The van der Waals surface area contributed by atoms with Crippen LogP contribution in [0, 0.1) is 5.92 Å². The van der Waals surface area contributed by atoms with E-state index in [1.54, 1.807) is 32.0 Å². The van der Waals surface area contributed by atoms with Crippen LogP contribution < -0.4 is 5.32 Å². The van der Waals surface area contributed by atoms with Crippen LogP contribution in [0.4, 0.5) is 4.39 Å². The molecule has 25 heavy (non-hydrogen) atoms. The monoisotopic (exact) mass is 370 g/mol. The highest BCUT2D eigenvalue weighted by molar-refractivity contribution is 6.33. The zero-order valence-corrected chi connectivity index (χ0v) is 14.7. The van der Waals surface area contributed by atoms with Gasteiger partial charge in [-0.15, -0.1) is 0 Å². The molecule has 136 valence electrons. The number of aliphatic carboxylic acids is 1. The number of hydrogen-bond donors (Lipinski definition) is 2. The molecule has 0 aliphatic carbocycles. The number of likely N-dealkylation sites (tertiary alicyclic amines) is 1. The standard InChI is InChI=1S/C17H20ClFN2O4/c1-10(2)13(20-14(22)11-5-3-4-6-12(11)18)15(23)21-8-7-17(19,9-21)16(24)25/h3-6,10,13H,7-9H2,1-2H3,(H,20,22)(H,24,25). The van der Waals surface area contributed by atoms with Crippen molar-refractivity contribution >= 4 is 29.4 Å². The number of benzene rings is 1. The molecule has 1 aromatic rings. The van der Waals surface area contributed by atoms with E-state index in [0.29, 0.717) is 0 Å². The molecular formula is C17H20ClFN2O4. The van der Waals surface area contributed by atoms with Crippen LogP contribution in [0.1, 0.15) is 30.6 Å². The molecule has 1 aliphatic rings. The minimum absolute atomic E-state index is 0.00713. The van der Waals surface area contributed by atoms with Crippen LogP contribution in [0.15, 0.2) is 24.3 Å². The molecule has 1 aliphatic heterocycles. The molecule has 1 heterocycles. The molecule has 2 N–H and O–H groups in total. The Morgan fingerprint density at radius 2 is 1.96 bits per heavy atom. The number of carbonyl (C=O) groups is 3. The molecular weight excluding hydrogens is 351 g/mol. The number of nitrogens with zero attached hydrogens (tertiary/aromatic N) is 1. The number of alkyl halides is 1. The number of amides is 2. The summed E-state index contributed by atoms with van der Waals surface area (Å²) in [7, 11) is 0. The Hall–Kier alpha value is -2.15. The molecule has 6 nitrogen and oxygen atoms in total. The Balaban J connectivity index is 2.13. The van der Waals surface area contributed by atoms with Crippen molar-refractivity contribution in [2.75, 3.05) is 13.1 Å². The summed E-state index contributed by atoms with van der Waals surface area (Å²) < 4.78 is 14.2. The Kier molecular flexibility index (Phi) is 5.67. The van der Waals surface area contributed by atoms with E-state index in [9.17, 15) is 18.8 Å². The van der Waals surface area contributed by atoms with E-state index in [-0.39, 0.29) is 29.5 Å². The van der Waals surface area contributed by atoms with Gasteiger partial charge in [0.05, 0.1) is 17.1 Å². The van der Waals surface area contributed by atoms with Crippen molar-refractivity contribution in [1.82, 2.24) is 10.2 Å². The fourth-order valence-electron chi connectivity index (χ4n) is 2.71. The van der Waals surface area contributed by atoms with Crippen molar-refractivity contribution in [3.05, 3.63) is 34.9 Å². The van der Waals surface area contributed by atoms with Gasteiger partial charge < -0.3 is 15.3 Å². The van der Waals surface area contributed by atoms with Gasteiger partial charge in [-0.3, -0.25) is 9.59 Å². The van der Waals surface area contributed by atoms with Gasteiger partial charge in [-0.1, -0.05) is 37.6 Å². The quantitative estimate of drug-likeness (QED) is 0.831. The minimum atomic E-state index is -2.44. The van der Waals surface area contributed by atoms with Crippen molar-refractivity contribution in [2.45, 2.75) is 32.0 Å². The predicted molar refractivity (Wildman–Crippen MR) is 90.2 cm³/mol. The summed E-state index contributed by atoms with van der Waals surface area (Å²) in [6.45, 7) is 2.95. The predicted octanol–water partition coefficient (Wildman–Crippen LogP) is 2.12. The SMILES string of the molecule is CC(C)C(NC(=O)c1ccccc1Cl)C(=O)N1CCC(F)(C(=O)O)C1. The Morgan fingerprint density at radius 3 is 2.48 bits per heavy atom. The molecule has 0 radical (unpaired) electrons. The third kappa shape index (κ3) is 4.10. The van der Waals surface area contributed by atoms with Gasteiger partial charge >= 0.3 is 5.97 Å². The number of hydrogen-bond acceptors (Lipinski definition) is 3. The highest BCUT2D eigenvalue weighted by Gasteiger charge is 2.48. The van der Waals surface area contributed by atoms with Crippen molar-refractivity contribution in [3.8, 4) is 0 Å². The zero-order valence-electron chi connectivity index (χ0n) is 14.0. The average molecular weight is 371 g/mol. The Morgan fingerprint density at radius 1 is 1.32 bits per heavy atom. The van der Waals surface area contributed by atoms with Crippen LogP contribution in [-0.4, -0.2) is 52.6 Å². The van der Waals surface area contributed by atoms with E-state index in [1.165, 1.54) is 6.07 Å². The lowest BCUT2D eigenvalue weighted by Crippen LogP contribution is -2.51. The first-order valence-corrected chi connectivity index (χ1v) is 8.30. The maximum atomic E-state index is 14.2. The second-order valence-electron chi connectivity index (χ2n) is 6.46. The van der Waals surface area contributed by atoms with Crippen molar-refractivity contribution < 1.29 is 23.9 Å². The number of carbonyl (C=O) groups excluding carboxylic acids is 2. The summed E-state index contributed by atoms with van der Waals surface area (Å²) in [6.07, 6.45) is -0.267. The molecule has 0 spiro atoms. The van der Waals surface area contributed by atoms with Crippen LogP contribution >= 0.6 is 11.6 Å². The van der Waals surface area contributed by atoms with Gasteiger partial charge in [-0.05, 0) is 18.1 Å². The van der Waals surface area contributed by atoms with E-state index in [0.717, 1.165) is 4.90 Å². The lowest BCUT2D eigenvalue weighted by molar-refractivity contribution is -0.150. The highest BCUT2D eigenvalue weighted by atomic mass is 35.5. The highest BCUT2D eigenvalue weighted by Crippen LogP contribution is 2.27. The summed E-state index contributed by atoms with van der Waals surface area (Å²) in [4.78, 5) is 37.2. The van der Waals surface area contributed by atoms with Gasteiger partial charge in [0.1, 0.15) is 6.04 Å². The van der Waals surface area contributed by atoms with Gasteiger partial charge in [0, 0.05) is 13.0 Å². The second-order valence-corrected chi connectivity index (χ2v) is 6.86. The molecule has 1 aromatic carbocycles. The maximum absolute atomic E-state index is 14.2. The average Bonchev–Trinajstić information content (AvgIpc) is 2.96. The molecule has 2 unspecified atom stereocenters. The largest absolute Gasteiger partial charge is 0.479 e. The van der Waals surface area contributed by atoms with E-state index in [1.807, 2.05) is 0 Å². The van der Waals surface area contributed by atoms with Gasteiger partial charge in [0.15, 0.2) is 0 Å². The first-order valence-electron chi connectivity index (χ1n) is 7.92. The molecule has 0 aromatic heterocycles. The smallest absolute Gasteiger partial charge is 0.343 e. The number of nitrogens with one attached hydrogen (secondary N) is 1. The van der Waals surface area contributed by atoms with Gasteiger partial charge in [-0.2, -0.15) is 0 Å². The summed E-state index contributed by atoms with van der Waals surface area (Å²) in [5.74, 6) is -2.86. The second kappa shape index (κ2) is 7.39. The molecule has 2 atom stereocenters. The third-order valence-corrected chi connectivity index (χ3v) is 4.58. The molecule has 1 fully saturated rings. The normalized spacial score (nSPS) is 21.2. The Labute approximate surface area is 149 Å². The van der Waals surface area contributed by atoms with Crippen LogP contribution in [0.2, 0.25) is 5.02 Å². The number of carboxylic acid groups (broad SMARTS) is 1. The topological polar surface area (TPSA) is 86.7 Å². The summed E-state index contributed by atoms with van der Waals surface area (Å²) in [6, 6.07) is 5.53. The zero-order chi connectivity index (χ0) is 18.8. The van der Waals surface area contributed by atoms with Crippen LogP contribution in [0.5, 0.6) is 0 Å². The summed E-state index contributed by atoms with van der Waals surface area (Å²) in [5, 5.41) is 11.8. The van der Waals surface area contributed by atoms with E-state index in [4.69, 9.17) is 16.7 Å². The summed E-state index contributed by atoms with van der Waals surface area (Å²) in [5.41, 5.74) is -2.21. The van der Waals surface area contributed by atoms with Crippen molar-refractivity contribution in [1.29, 1.82) is 0 Å². The minimum Gasteiger partial charge on any atom is -0.479 e. The van der Waals surface area contributed by atoms with E-state index in [2.05, 4.69) is 5.32 Å². The van der Waals surface area contributed by atoms with Crippen LogP contribution in [0.3, 0.4) is 0 Å². The maximum Gasteiger partial charge on any atom is 0.343 e. The molecule has 2 rings (SSSR count). The first-order chi connectivity index (χ1) is 11.7. The van der Waals surface area contributed by atoms with Gasteiger partial charge in [-0.25, -0.2) is 9.18 Å². The van der Waals surface area contributed by atoms with E-state index < -0.39 is 36.0 Å². The molecule has 0 saturated carbocycles. The van der Waals surface area contributed by atoms with Crippen molar-refractivity contribution in [3.63, 3.8) is 0 Å². The molecule has 8 heteroatoms. The third-order valence-electron chi connectivity index (χ3n) is 4.25. The number of rotatable bonds is 5. The van der Waals surface area contributed by atoms with E-state index >= 15 is 0 Å². The summed E-state index contributed by atoms with van der Waals surface area (Å²) >= 11 is 5.99. The number of halogens is 2. The Bertz CT molecular complexity index is 697. The fraction of sp³-hybridized carbons (Fsp3) is 0.471. The van der Waals surface area contributed by atoms with Crippen LogP contribution in [0.25, 0.3) is 0 Å². The first kappa shape index (κ1) is 19.2. The van der Waals surface area contributed by atoms with Crippen LogP contribution in [-0.2, 0) is 9.59 Å². The molecule has 1 saturated heterocycles. The lowest BCUT2D eigenvalue weighted by atomic mass is 10.0. The molecule has 0 bridgehead atoms. The van der Waals surface area contributed by atoms with Gasteiger partial charge in [0.2, 0.25) is 11.6 Å². The molecule has 2 amide bonds. The number of carboxylic acids is 1. The van der Waals surface area contributed by atoms with Gasteiger partial charge in [0.25, 0.3) is 5.91 Å². The fourth-order valence-corrected chi connectivity index (χ4v) is 2.93.